The Morgan fingerprint density at radius 1 is 1.25 bits per heavy atom. The van der Waals surface area contributed by atoms with Gasteiger partial charge in [0.25, 0.3) is 0 Å². The summed E-state index contributed by atoms with van der Waals surface area (Å²) in [5.41, 5.74) is 0. The van der Waals surface area contributed by atoms with E-state index in [1.54, 1.807) is 7.11 Å². The number of hydrogen-bond acceptors (Lipinski definition) is 4. The Kier molecular flexibility index (Phi) is 8.94. The SMILES string of the molecule is CCC(COC(CC)CCOC(=O)O)OC. The molecular weight excluding hydrogens is 212 g/mol. The normalized spacial score (nSPS) is 14.4. The molecule has 5 nitrogen and oxygen atoms in total. The van der Waals surface area contributed by atoms with Gasteiger partial charge in [0.15, 0.2) is 0 Å². The van der Waals surface area contributed by atoms with Gasteiger partial charge in [-0.2, -0.15) is 0 Å². The van der Waals surface area contributed by atoms with Crippen molar-refractivity contribution in [2.24, 2.45) is 0 Å². The summed E-state index contributed by atoms with van der Waals surface area (Å²) in [7, 11) is 1.66. The van der Waals surface area contributed by atoms with E-state index in [0.29, 0.717) is 13.0 Å². The molecule has 2 unspecified atom stereocenters. The van der Waals surface area contributed by atoms with Crippen LogP contribution in [-0.2, 0) is 14.2 Å². The molecule has 0 radical (unpaired) electrons. The molecule has 16 heavy (non-hydrogen) atoms. The van der Waals surface area contributed by atoms with Gasteiger partial charge in [-0.3, -0.25) is 0 Å². The Hall–Kier alpha value is -0.810. The Balaban J connectivity index is 3.69. The van der Waals surface area contributed by atoms with E-state index in [-0.39, 0.29) is 18.8 Å². The van der Waals surface area contributed by atoms with Crippen LogP contribution in [0.5, 0.6) is 0 Å². The molecule has 2 atom stereocenters. The molecule has 0 aromatic carbocycles. The topological polar surface area (TPSA) is 65.0 Å². The Labute approximate surface area is 96.7 Å². The third-order valence-electron chi connectivity index (χ3n) is 2.43. The van der Waals surface area contributed by atoms with Crippen molar-refractivity contribution >= 4 is 6.16 Å². The molecule has 0 aromatic rings. The number of ether oxygens (including phenoxy) is 3. The maximum atomic E-state index is 10.1. The quantitative estimate of drug-likeness (QED) is 0.620. The largest absolute Gasteiger partial charge is 0.505 e. The molecule has 5 heteroatoms. The van der Waals surface area contributed by atoms with Gasteiger partial charge in [-0.1, -0.05) is 13.8 Å². The average Bonchev–Trinajstić information content (AvgIpc) is 2.27. The smallest absolute Gasteiger partial charge is 0.450 e. The maximum Gasteiger partial charge on any atom is 0.505 e. The molecule has 0 spiro atoms. The first-order valence-corrected chi connectivity index (χ1v) is 5.64. The molecule has 96 valence electrons. The van der Waals surface area contributed by atoms with Crippen LogP contribution in [0.4, 0.5) is 4.79 Å². The van der Waals surface area contributed by atoms with Crippen LogP contribution in [0.25, 0.3) is 0 Å². The zero-order chi connectivity index (χ0) is 12.4. The second-order valence-electron chi connectivity index (χ2n) is 3.53. The third-order valence-corrected chi connectivity index (χ3v) is 2.43. The first kappa shape index (κ1) is 15.2. The minimum absolute atomic E-state index is 0.0311. The van der Waals surface area contributed by atoms with Gasteiger partial charge in [0.1, 0.15) is 0 Å². The summed E-state index contributed by atoms with van der Waals surface area (Å²) in [4.78, 5) is 10.1. The van der Waals surface area contributed by atoms with Crippen LogP contribution in [0.1, 0.15) is 33.1 Å². The second kappa shape index (κ2) is 9.42. The molecule has 0 heterocycles. The minimum atomic E-state index is -1.24. The van der Waals surface area contributed by atoms with Crippen LogP contribution in [0, 0.1) is 0 Å². The van der Waals surface area contributed by atoms with Crippen molar-refractivity contribution in [3.8, 4) is 0 Å². The zero-order valence-corrected chi connectivity index (χ0v) is 10.3. The van der Waals surface area contributed by atoms with Crippen molar-refractivity contribution in [2.45, 2.75) is 45.3 Å². The fraction of sp³-hybridized carbons (Fsp3) is 0.909. The molecule has 0 aromatic heterocycles. The fourth-order valence-electron chi connectivity index (χ4n) is 1.28. The van der Waals surface area contributed by atoms with Gasteiger partial charge in [0, 0.05) is 13.5 Å². The lowest BCUT2D eigenvalue weighted by Crippen LogP contribution is -2.23. The van der Waals surface area contributed by atoms with Crippen molar-refractivity contribution in [2.75, 3.05) is 20.3 Å². The van der Waals surface area contributed by atoms with Crippen LogP contribution < -0.4 is 0 Å². The molecule has 0 aliphatic rings. The highest BCUT2D eigenvalue weighted by Gasteiger charge is 2.11. The van der Waals surface area contributed by atoms with E-state index in [1.165, 1.54) is 0 Å². The van der Waals surface area contributed by atoms with Crippen LogP contribution in [0.15, 0.2) is 0 Å². The highest BCUT2D eigenvalue weighted by atomic mass is 16.7. The van der Waals surface area contributed by atoms with E-state index in [1.807, 2.05) is 13.8 Å². The van der Waals surface area contributed by atoms with Crippen LogP contribution >= 0.6 is 0 Å². The summed E-state index contributed by atoms with van der Waals surface area (Å²) >= 11 is 0. The van der Waals surface area contributed by atoms with E-state index in [2.05, 4.69) is 4.74 Å². The van der Waals surface area contributed by atoms with E-state index < -0.39 is 6.16 Å². The third kappa shape index (κ3) is 7.48. The highest BCUT2D eigenvalue weighted by molar-refractivity contribution is 5.56. The molecule has 0 aliphatic carbocycles. The van der Waals surface area contributed by atoms with Crippen molar-refractivity contribution in [1.82, 2.24) is 0 Å². The molecule has 0 saturated carbocycles. The van der Waals surface area contributed by atoms with E-state index in [9.17, 15) is 4.79 Å². The van der Waals surface area contributed by atoms with Gasteiger partial charge in [-0.15, -0.1) is 0 Å². The van der Waals surface area contributed by atoms with E-state index in [4.69, 9.17) is 14.6 Å². The lowest BCUT2D eigenvalue weighted by Gasteiger charge is -2.19. The van der Waals surface area contributed by atoms with Gasteiger partial charge in [0.05, 0.1) is 25.4 Å². The zero-order valence-electron chi connectivity index (χ0n) is 10.3. The van der Waals surface area contributed by atoms with Gasteiger partial charge in [-0.25, -0.2) is 4.79 Å². The summed E-state index contributed by atoms with van der Waals surface area (Å²) in [5.74, 6) is 0. The number of carbonyl (C=O) groups is 1. The summed E-state index contributed by atoms with van der Waals surface area (Å²) in [5, 5.41) is 8.31. The lowest BCUT2D eigenvalue weighted by molar-refractivity contribution is -0.0381. The molecule has 0 aliphatic heterocycles. The van der Waals surface area contributed by atoms with Crippen molar-refractivity contribution in [3.63, 3.8) is 0 Å². The highest BCUT2D eigenvalue weighted by Crippen LogP contribution is 2.07. The van der Waals surface area contributed by atoms with Crippen molar-refractivity contribution in [1.29, 1.82) is 0 Å². The molecule has 1 N–H and O–H groups in total. The standard InChI is InChI=1S/C11H22O5/c1-4-9(6-7-15-11(12)13)16-8-10(5-2)14-3/h9-10H,4-8H2,1-3H3,(H,12,13). The molecule has 0 fully saturated rings. The Morgan fingerprint density at radius 2 is 1.88 bits per heavy atom. The summed E-state index contributed by atoms with van der Waals surface area (Å²) in [6.45, 7) is 4.75. The number of carboxylic acid groups (broad SMARTS) is 1. The average molecular weight is 234 g/mol. The number of methoxy groups -OCH3 is 1. The summed E-state index contributed by atoms with van der Waals surface area (Å²) in [6, 6.07) is 0. The Bertz CT molecular complexity index is 179. The maximum absolute atomic E-state index is 10.1. The van der Waals surface area contributed by atoms with Crippen LogP contribution in [0.3, 0.4) is 0 Å². The molecule has 0 bridgehead atoms. The first-order chi connectivity index (χ1) is 7.63. The van der Waals surface area contributed by atoms with E-state index >= 15 is 0 Å². The molecular formula is C11H22O5. The lowest BCUT2D eigenvalue weighted by atomic mass is 10.2. The van der Waals surface area contributed by atoms with Gasteiger partial charge >= 0.3 is 6.16 Å². The molecule has 0 saturated heterocycles. The summed E-state index contributed by atoms with van der Waals surface area (Å²) < 4.78 is 15.2. The van der Waals surface area contributed by atoms with Crippen molar-refractivity contribution in [3.05, 3.63) is 0 Å². The van der Waals surface area contributed by atoms with Gasteiger partial charge < -0.3 is 19.3 Å². The van der Waals surface area contributed by atoms with Gasteiger partial charge in [0.2, 0.25) is 0 Å². The predicted octanol–water partition coefficient (Wildman–Crippen LogP) is 2.29. The second-order valence-corrected chi connectivity index (χ2v) is 3.53. The van der Waals surface area contributed by atoms with Crippen LogP contribution in [-0.4, -0.2) is 43.8 Å². The molecule has 0 amide bonds. The number of hydrogen-bond donors (Lipinski definition) is 1. The number of rotatable bonds is 9. The predicted molar refractivity (Wildman–Crippen MR) is 59.7 cm³/mol. The molecule has 0 rings (SSSR count). The minimum Gasteiger partial charge on any atom is -0.450 e. The Morgan fingerprint density at radius 3 is 2.31 bits per heavy atom. The summed E-state index contributed by atoms with van der Waals surface area (Å²) in [6.07, 6.45) is 1.22. The van der Waals surface area contributed by atoms with Crippen molar-refractivity contribution < 1.29 is 24.1 Å². The fourth-order valence-corrected chi connectivity index (χ4v) is 1.28. The monoisotopic (exact) mass is 234 g/mol. The first-order valence-electron chi connectivity index (χ1n) is 5.64. The van der Waals surface area contributed by atoms with Gasteiger partial charge in [-0.05, 0) is 12.8 Å². The van der Waals surface area contributed by atoms with E-state index in [0.717, 1.165) is 12.8 Å². The van der Waals surface area contributed by atoms with Crippen LogP contribution in [0.2, 0.25) is 0 Å².